The first-order valence-corrected chi connectivity index (χ1v) is 8.01. The number of anilines is 1. The fourth-order valence-corrected chi connectivity index (χ4v) is 2.55. The van der Waals surface area contributed by atoms with Crippen molar-refractivity contribution in [3.05, 3.63) is 36.3 Å². The molecule has 10 heteroatoms. The molecule has 1 atom stereocenters. The van der Waals surface area contributed by atoms with E-state index in [1.54, 1.807) is 10.9 Å². The predicted octanol–water partition coefficient (Wildman–Crippen LogP) is 2.65. The van der Waals surface area contributed by atoms with Crippen LogP contribution in [0, 0.1) is 0 Å². The maximum absolute atomic E-state index is 12.3. The molecule has 1 unspecified atom stereocenters. The molecule has 3 rings (SSSR count). The third-order valence-corrected chi connectivity index (χ3v) is 3.69. The van der Waals surface area contributed by atoms with Crippen LogP contribution in [0.4, 0.5) is 18.9 Å². The number of aromatic nitrogens is 3. The van der Waals surface area contributed by atoms with Crippen LogP contribution in [0.25, 0.3) is 0 Å². The average molecular weight is 370 g/mol. The molecule has 1 aliphatic rings. The van der Waals surface area contributed by atoms with Crippen LogP contribution in [-0.4, -0.2) is 46.2 Å². The van der Waals surface area contributed by atoms with Gasteiger partial charge in [-0.15, -0.1) is 0 Å². The Kier molecular flexibility index (Phi) is 5.40. The van der Waals surface area contributed by atoms with E-state index < -0.39 is 18.7 Å². The standard InChI is InChI=1S/C16H17F3N4O3/c17-16(18,19)10-26-15-13(4-1-5-20-15)14(24)22-11-7-21-23(8-11)9-12-3-2-6-25-12/h1,4-5,7-8,12H,2-3,6,9-10H2,(H,22,24). The minimum atomic E-state index is -4.52. The van der Waals surface area contributed by atoms with Crippen LogP contribution in [-0.2, 0) is 11.3 Å². The fourth-order valence-electron chi connectivity index (χ4n) is 2.55. The summed E-state index contributed by atoms with van der Waals surface area (Å²) in [7, 11) is 0. The number of hydrogen-bond donors (Lipinski definition) is 1. The van der Waals surface area contributed by atoms with Crippen molar-refractivity contribution < 1.29 is 27.4 Å². The van der Waals surface area contributed by atoms with Gasteiger partial charge in [-0.1, -0.05) is 0 Å². The normalized spacial score (nSPS) is 17.3. The van der Waals surface area contributed by atoms with Gasteiger partial charge in [-0.05, 0) is 25.0 Å². The number of alkyl halides is 3. The Bertz CT molecular complexity index is 757. The molecule has 7 nitrogen and oxygen atoms in total. The molecule has 1 amide bonds. The molecule has 3 heterocycles. The number of nitrogens with one attached hydrogen (secondary N) is 1. The second-order valence-electron chi connectivity index (χ2n) is 5.80. The summed E-state index contributed by atoms with van der Waals surface area (Å²) in [5, 5.41) is 6.72. The Hall–Kier alpha value is -2.62. The Morgan fingerprint density at radius 3 is 3.04 bits per heavy atom. The summed E-state index contributed by atoms with van der Waals surface area (Å²) in [6, 6.07) is 2.78. The van der Waals surface area contributed by atoms with Crippen molar-refractivity contribution in [1.82, 2.24) is 14.8 Å². The Morgan fingerprint density at radius 2 is 2.31 bits per heavy atom. The van der Waals surface area contributed by atoms with Gasteiger partial charge in [-0.25, -0.2) is 4.98 Å². The van der Waals surface area contributed by atoms with Gasteiger partial charge >= 0.3 is 6.18 Å². The molecule has 0 aromatic carbocycles. The molecule has 0 saturated carbocycles. The lowest BCUT2D eigenvalue weighted by atomic mass is 10.2. The van der Waals surface area contributed by atoms with Crippen molar-refractivity contribution in [2.45, 2.75) is 31.7 Å². The van der Waals surface area contributed by atoms with E-state index in [1.807, 2.05) is 0 Å². The van der Waals surface area contributed by atoms with E-state index in [4.69, 9.17) is 4.74 Å². The van der Waals surface area contributed by atoms with Gasteiger partial charge in [0.05, 0.1) is 24.5 Å². The number of amides is 1. The monoisotopic (exact) mass is 370 g/mol. The van der Waals surface area contributed by atoms with Crippen LogP contribution >= 0.6 is 0 Å². The lowest BCUT2D eigenvalue weighted by Gasteiger charge is -2.11. The van der Waals surface area contributed by atoms with Crippen molar-refractivity contribution in [1.29, 1.82) is 0 Å². The van der Waals surface area contributed by atoms with Gasteiger partial charge in [0.25, 0.3) is 5.91 Å². The lowest BCUT2D eigenvalue weighted by Crippen LogP contribution is -2.21. The maximum Gasteiger partial charge on any atom is 0.422 e. The molecule has 0 radical (unpaired) electrons. The predicted molar refractivity (Wildman–Crippen MR) is 84.9 cm³/mol. The topological polar surface area (TPSA) is 78.3 Å². The number of carbonyl (C=O) groups is 1. The van der Waals surface area contributed by atoms with Gasteiger partial charge in [0.15, 0.2) is 6.61 Å². The first kappa shape index (κ1) is 18.2. The summed E-state index contributed by atoms with van der Waals surface area (Å²) < 4.78 is 48.7. The highest BCUT2D eigenvalue weighted by atomic mass is 19.4. The summed E-state index contributed by atoms with van der Waals surface area (Å²) in [5.74, 6) is -1.01. The van der Waals surface area contributed by atoms with E-state index in [0.717, 1.165) is 19.4 Å². The van der Waals surface area contributed by atoms with Crippen LogP contribution < -0.4 is 10.1 Å². The summed E-state index contributed by atoms with van der Waals surface area (Å²) in [5.41, 5.74) is 0.322. The molecule has 26 heavy (non-hydrogen) atoms. The molecule has 0 spiro atoms. The number of nitrogens with zero attached hydrogens (tertiary/aromatic N) is 3. The number of carbonyl (C=O) groups excluding carboxylic acids is 1. The molecule has 2 aromatic rings. The van der Waals surface area contributed by atoms with Crippen LogP contribution in [0.15, 0.2) is 30.7 Å². The molecule has 1 N–H and O–H groups in total. The van der Waals surface area contributed by atoms with Gasteiger partial charge in [-0.2, -0.15) is 18.3 Å². The van der Waals surface area contributed by atoms with E-state index >= 15 is 0 Å². The van der Waals surface area contributed by atoms with Crippen molar-refractivity contribution in [3.8, 4) is 5.88 Å². The number of hydrogen-bond acceptors (Lipinski definition) is 5. The summed E-state index contributed by atoms with van der Waals surface area (Å²) in [6.45, 7) is -0.219. The van der Waals surface area contributed by atoms with E-state index in [1.165, 1.54) is 24.5 Å². The molecule has 2 aromatic heterocycles. The summed E-state index contributed by atoms with van der Waals surface area (Å²) >= 11 is 0. The molecule has 0 aliphatic carbocycles. The van der Waals surface area contributed by atoms with Gasteiger partial charge in [-0.3, -0.25) is 9.48 Å². The molecule has 1 fully saturated rings. The zero-order valence-corrected chi connectivity index (χ0v) is 13.7. The molecule has 0 bridgehead atoms. The van der Waals surface area contributed by atoms with Gasteiger partial charge in [0, 0.05) is 19.0 Å². The Balaban J connectivity index is 1.63. The van der Waals surface area contributed by atoms with Gasteiger partial charge in [0.1, 0.15) is 5.56 Å². The first-order chi connectivity index (χ1) is 12.4. The minimum absolute atomic E-state index is 0.0939. The fraction of sp³-hybridized carbons (Fsp3) is 0.438. The van der Waals surface area contributed by atoms with Gasteiger partial charge < -0.3 is 14.8 Å². The molecular weight excluding hydrogens is 353 g/mol. The molecule has 140 valence electrons. The number of halogens is 3. The van der Waals surface area contributed by atoms with E-state index in [9.17, 15) is 18.0 Å². The van der Waals surface area contributed by atoms with Crippen molar-refractivity contribution in [2.75, 3.05) is 18.5 Å². The third kappa shape index (κ3) is 4.94. The highest BCUT2D eigenvalue weighted by Crippen LogP contribution is 2.21. The largest absolute Gasteiger partial charge is 0.467 e. The van der Waals surface area contributed by atoms with E-state index in [0.29, 0.717) is 12.2 Å². The summed E-state index contributed by atoms with van der Waals surface area (Å²) in [6.07, 6.45) is 1.88. The molecular formula is C16H17F3N4O3. The van der Waals surface area contributed by atoms with Crippen LogP contribution in [0.3, 0.4) is 0 Å². The summed E-state index contributed by atoms with van der Waals surface area (Å²) in [4.78, 5) is 16.0. The van der Waals surface area contributed by atoms with Crippen molar-refractivity contribution >= 4 is 11.6 Å². The number of pyridine rings is 1. The quantitative estimate of drug-likeness (QED) is 0.846. The SMILES string of the molecule is O=C(Nc1cnn(CC2CCCO2)c1)c1cccnc1OCC(F)(F)F. The van der Waals surface area contributed by atoms with Crippen molar-refractivity contribution in [3.63, 3.8) is 0 Å². The number of rotatable bonds is 6. The Labute approximate surface area is 147 Å². The highest BCUT2D eigenvalue weighted by Gasteiger charge is 2.29. The second kappa shape index (κ2) is 7.73. The average Bonchev–Trinajstić information content (AvgIpc) is 3.25. The molecule has 1 saturated heterocycles. The molecule has 1 aliphatic heterocycles. The van der Waals surface area contributed by atoms with E-state index in [2.05, 4.69) is 20.1 Å². The van der Waals surface area contributed by atoms with Crippen LogP contribution in [0.2, 0.25) is 0 Å². The zero-order valence-electron chi connectivity index (χ0n) is 13.7. The highest BCUT2D eigenvalue weighted by molar-refractivity contribution is 6.05. The first-order valence-electron chi connectivity index (χ1n) is 8.01. The minimum Gasteiger partial charge on any atom is -0.467 e. The van der Waals surface area contributed by atoms with E-state index in [-0.39, 0.29) is 17.5 Å². The zero-order chi connectivity index (χ0) is 18.6. The second-order valence-corrected chi connectivity index (χ2v) is 5.80. The maximum atomic E-state index is 12.3. The van der Waals surface area contributed by atoms with Crippen LogP contribution in [0.1, 0.15) is 23.2 Å². The third-order valence-electron chi connectivity index (χ3n) is 3.69. The van der Waals surface area contributed by atoms with Crippen LogP contribution in [0.5, 0.6) is 5.88 Å². The van der Waals surface area contributed by atoms with Crippen molar-refractivity contribution in [2.24, 2.45) is 0 Å². The van der Waals surface area contributed by atoms with Gasteiger partial charge in [0.2, 0.25) is 5.88 Å². The lowest BCUT2D eigenvalue weighted by molar-refractivity contribution is -0.154. The Morgan fingerprint density at radius 1 is 1.46 bits per heavy atom. The number of ether oxygens (including phenoxy) is 2. The smallest absolute Gasteiger partial charge is 0.422 e.